The van der Waals surface area contributed by atoms with Crippen LogP contribution in [0.15, 0.2) is 35.2 Å². The van der Waals surface area contributed by atoms with Gasteiger partial charge in [-0.05, 0) is 12.1 Å². The normalized spacial score (nSPS) is 17.5. The lowest BCUT2D eigenvalue weighted by molar-refractivity contribution is 0.168. The molecule has 0 amide bonds. The van der Waals surface area contributed by atoms with Crippen LogP contribution < -0.4 is 0 Å². The first-order chi connectivity index (χ1) is 8.25. The lowest BCUT2D eigenvalue weighted by Crippen LogP contribution is -2.33. The number of benzene rings is 1. The fourth-order valence-corrected chi connectivity index (χ4v) is 3.33. The van der Waals surface area contributed by atoms with Gasteiger partial charge in [-0.25, -0.2) is 0 Å². The van der Waals surface area contributed by atoms with Crippen LogP contribution in [-0.2, 0) is 0 Å². The van der Waals surface area contributed by atoms with E-state index in [0.29, 0.717) is 17.5 Å². The average molecular weight is 268 g/mol. The molecule has 0 radical (unpaired) electrons. The lowest BCUT2D eigenvalue weighted by Gasteiger charge is -2.20. The first-order valence-corrected chi connectivity index (χ1v) is 7.55. The summed E-state index contributed by atoms with van der Waals surface area (Å²) in [5.74, 6) is 1.65. The van der Waals surface area contributed by atoms with Gasteiger partial charge < -0.3 is 10.0 Å². The van der Waals surface area contributed by atoms with Gasteiger partial charge in [0.25, 0.3) is 0 Å². The molecule has 1 aromatic rings. The molecule has 1 aliphatic rings. The Labute approximate surface area is 110 Å². The highest BCUT2D eigenvalue weighted by Crippen LogP contribution is 2.20. The van der Waals surface area contributed by atoms with Crippen molar-refractivity contribution < 1.29 is 5.11 Å². The van der Waals surface area contributed by atoms with E-state index in [-0.39, 0.29) is 6.10 Å². The van der Waals surface area contributed by atoms with Crippen LogP contribution in [0.5, 0.6) is 0 Å². The van der Waals surface area contributed by atoms with E-state index in [2.05, 4.69) is 0 Å². The van der Waals surface area contributed by atoms with E-state index in [1.54, 1.807) is 23.5 Å². The molecule has 0 bridgehead atoms. The van der Waals surface area contributed by atoms with E-state index in [9.17, 15) is 5.11 Å². The zero-order chi connectivity index (χ0) is 12.1. The van der Waals surface area contributed by atoms with E-state index in [1.165, 1.54) is 4.90 Å². The largest absolute Gasteiger partial charge is 0.390 e. The molecule has 2 rings (SSSR count). The van der Waals surface area contributed by atoms with Crippen molar-refractivity contribution in [2.24, 2.45) is 0 Å². The molecule has 1 heterocycles. The summed E-state index contributed by atoms with van der Waals surface area (Å²) in [4.78, 5) is 3.12. The summed E-state index contributed by atoms with van der Waals surface area (Å²) in [6, 6.07) is 10.1. The number of nitrogens with one attached hydrogen (secondary N) is 1. The molecule has 3 nitrogen and oxygen atoms in total. The fraction of sp³-hybridized carbons (Fsp3) is 0.417. The Morgan fingerprint density at radius 2 is 2.18 bits per heavy atom. The van der Waals surface area contributed by atoms with Crippen molar-refractivity contribution in [3.8, 4) is 0 Å². The highest BCUT2D eigenvalue weighted by atomic mass is 32.2. The van der Waals surface area contributed by atoms with Crippen molar-refractivity contribution in [2.75, 3.05) is 24.6 Å². The van der Waals surface area contributed by atoms with Gasteiger partial charge in [0, 0.05) is 29.5 Å². The topological polar surface area (TPSA) is 47.3 Å². The van der Waals surface area contributed by atoms with E-state index in [4.69, 9.17) is 5.41 Å². The summed E-state index contributed by atoms with van der Waals surface area (Å²) in [6.45, 7) is 1.46. The minimum absolute atomic E-state index is 0.376. The summed E-state index contributed by atoms with van der Waals surface area (Å²) in [5, 5.41) is 18.2. The highest BCUT2D eigenvalue weighted by Gasteiger charge is 2.20. The zero-order valence-electron chi connectivity index (χ0n) is 9.50. The Kier molecular flexibility index (Phi) is 4.76. The number of aliphatic hydroxyl groups excluding tert-OH is 1. The Morgan fingerprint density at radius 1 is 1.41 bits per heavy atom. The number of hydrogen-bond donors (Lipinski definition) is 2. The number of thioether (sulfide) groups is 2. The number of β-amino-alcohol motifs (C(OH)–C–C–N with tert-alkyl or cyclic N) is 1. The SMILES string of the molecule is N=C1SCCN1CC(O)CSc1ccccc1. The van der Waals surface area contributed by atoms with Gasteiger partial charge in [-0.1, -0.05) is 30.0 Å². The van der Waals surface area contributed by atoms with Gasteiger partial charge in [-0.2, -0.15) is 0 Å². The number of hydrogen-bond acceptors (Lipinski definition) is 4. The average Bonchev–Trinajstić information content (AvgIpc) is 2.74. The van der Waals surface area contributed by atoms with E-state index in [1.807, 2.05) is 35.2 Å². The Bertz CT molecular complexity index is 372. The Morgan fingerprint density at radius 3 is 2.82 bits per heavy atom. The van der Waals surface area contributed by atoms with Crippen LogP contribution in [0.4, 0.5) is 0 Å². The number of nitrogens with zero attached hydrogens (tertiary/aromatic N) is 1. The first-order valence-electron chi connectivity index (χ1n) is 5.58. The molecule has 1 atom stereocenters. The number of rotatable bonds is 5. The van der Waals surface area contributed by atoms with Gasteiger partial charge in [-0.15, -0.1) is 11.8 Å². The van der Waals surface area contributed by atoms with Gasteiger partial charge in [-0.3, -0.25) is 5.41 Å². The van der Waals surface area contributed by atoms with Crippen molar-refractivity contribution in [2.45, 2.75) is 11.0 Å². The molecule has 1 fully saturated rings. The van der Waals surface area contributed by atoms with Gasteiger partial charge in [0.05, 0.1) is 6.10 Å². The predicted molar refractivity (Wildman–Crippen MR) is 74.9 cm³/mol. The highest BCUT2D eigenvalue weighted by molar-refractivity contribution is 8.14. The minimum atomic E-state index is -0.376. The summed E-state index contributed by atoms with van der Waals surface area (Å²) in [6.07, 6.45) is -0.376. The molecule has 0 aliphatic carbocycles. The molecular formula is C12H16N2OS2. The van der Waals surface area contributed by atoms with Crippen LogP contribution in [0.3, 0.4) is 0 Å². The van der Waals surface area contributed by atoms with E-state index in [0.717, 1.165) is 12.3 Å². The van der Waals surface area contributed by atoms with Crippen LogP contribution in [-0.4, -0.2) is 45.9 Å². The maximum atomic E-state index is 9.92. The summed E-state index contributed by atoms with van der Waals surface area (Å²) in [7, 11) is 0. The maximum absolute atomic E-state index is 9.92. The third-order valence-corrected chi connectivity index (χ3v) is 4.58. The van der Waals surface area contributed by atoms with Crippen molar-refractivity contribution in [3.63, 3.8) is 0 Å². The van der Waals surface area contributed by atoms with Crippen molar-refractivity contribution >= 4 is 28.7 Å². The summed E-state index contributed by atoms with van der Waals surface area (Å²) in [5.41, 5.74) is 0. The molecule has 1 aromatic carbocycles. The van der Waals surface area contributed by atoms with Crippen molar-refractivity contribution in [1.29, 1.82) is 5.41 Å². The fourth-order valence-electron chi connectivity index (χ4n) is 1.64. The molecule has 92 valence electrons. The van der Waals surface area contributed by atoms with Crippen LogP contribution >= 0.6 is 23.5 Å². The van der Waals surface area contributed by atoms with Crippen LogP contribution in [0.2, 0.25) is 0 Å². The molecule has 0 aromatic heterocycles. The van der Waals surface area contributed by atoms with Gasteiger partial charge in [0.2, 0.25) is 0 Å². The van der Waals surface area contributed by atoms with Gasteiger partial charge in [0.1, 0.15) is 0 Å². The maximum Gasteiger partial charge on any atom is 0.156 e. The third-order valence-electron chi connectivity index (χ3n) is 2.50. The molecule has 0 spiro atoms. The van der Waals surface area contributed by atoms with Gasteiger partial charge >= 0.3 is 0 Å². The molecular weight excluding hydrogens is 252 g/mol. The summed E-state index contributed by atoms with van der Waals surface area (Å²) < 4.78 is 0. The standard InChI is InChI=1S/C12H16N2OS2/c13-12-14(6-7-16-12)8-10(15)9-17-11-4-2-1-3-5-11/h1-5,10,13,15H,6-9H2. The van der Waals surface area contributed by atoms with E-state index >= 15 is 0 Å². The third kappa shape index (κ3) is 3.94. The monoisotopic (exact) mass is 268 g/mol. The van der Waals surface area contributed by atoms with Crippen LogP contribution in [0.1, 0.15) is 0 Å². The lowest BCUT2D eigenvalue weighted by atomic mass is 10.4. The molecule has 0 saturated carbocycles. The smallest absolute Gasteiger partial charge is 0.156 e. The minimum Gasteiger partial charge on any atom is -0.390 e. The second-order valence-electron chi connectivity index (χ2n) is 3.88. The first kappa shape index (κ1) is 12.8. The summed E-state index contributed by atoms with van der Waals surface area (Å²) >= 11 is 3.21. The number of amidine groups is 1. The van der Waals surface area contributed by atoms with Crippen molar-refractivity contribution in [3.05, 3.63) is 30.3 Å². The second-order valence-corrected chi connectivity index (χ2v) is 6.05. The molecule has 17 heavy (non-hydrogen) atoms. The molecule has 5 heteroatoms. The predicted octanol–water partition coefficient (Wildman–Crippen LogP) is 2.12. The Balaban J connectivity index is 1.74. The van der Waals surface area contributed by atoms with Crippen molar-refractivity contribution in [1.82, 2.24) is 4.90 Å². The molecule has 1 unspecified atom stereocenters. The van der Waals surface area contributed by atoms with Crippen LogP contribution in [0, 0.1) is 5.41 Å². The zero-order valence-corrected chi connectivity index (χ0v) is 11.1. The number of aliphatic hydroxyl groups is 1. The molecule has 2 N–H and O–H groups in total. The van der Waals surface area contributed by atoms with E-state index < -0.39 is 0 Å². The molecule has 1 saturated heterocycles. The Hall–Kier alpha value is -0.650. The quantitative estimate of drug-likeness (QED) is 0.803. The second kappa shape index (κ2) is 6.33. The van der Waals surface area contributed by atoms with Gasteiger partial charge in [0.15, 0.2) is 5.17 Å². The van der Waals surface area contributed by atoms with Crippen LogP contribution in [0.25, 0.3) is 0 Å². The molecule has 1 aliphatic heterocycles.